The molecular formula is C21H28N6O3. The van der Waals surface area contributed by atoms with E-state index < -0.39 is 5.91 Å². The zero-order valence-corrected chi connectivity index (χ0v) is 17.9. The van der Waals surface area contributed by atoms with Crippen molar-refractivity contribution in [2.75, 3.05) is 11.9 Å². The zero-order valence-electron chi connectivity index (χ0n) is 17.9. The van der Waals surface area contributed by atoms with E-state index in [-0.39, 0.29) is 5.91 Å². The number of hydrogen-bond acceptors (Lipinski definition) is 5. The summed E-state index contributed by atoms with van der Waals surface area (Å²) in [5, 5.41) is 7.23. The number of anilines is 1. The lowest BCUT2D eigenvalue weighted by atomic mass is 10.1. The van der Waals surface area contributed by atoms with E-state index in [9.17, 15) is 9.59 Å². The lowest BCUT2D eigenvalue weighted by Gasteiger charge is -2.13. The average molecular weight is 412 g/mol. The molecule has 0 aliphatic rings. The van der Waals surface area contributed by atoms with Gasteiger partial charge < -0.3 is 15.0 Å². The summed E-state index contributed by atoms with van der Waals surface area (Å²) in [5.41, 5.74) is 8.30. The first kappa shape index (κ1) is 21.4. The van der Waals surface area contributed by atoms with Crippen molar-refractivity contribution in [1.82, 2.24) is 19.3 Å². The molecule has 0 spiro atoms. The number of carbonyl (C=O) groups excluding carboxylic acids is 2. The van der Waals surface area contributed by atoms with E-state index >= 15 is 0 Å². The van der Waals surface area contributed by atoms with Gasteiger partial charge in [-0.2, -0.15) is 5.10 Å². The van der Waals surface area contributed by atoms with Crippen LogP contribution < -0.4 is 15.8 Å². The highest BCUT2D eigenvalue weighted by Gasteiger charge is 2.21. The van der Waals surface area contributed by atoms with E-state index in [1.807, 2.05) is 32.3 Å². The van der Waals surface area contributed by atoms with Crippen molar-refractivity contribution >= 4 is 28.8 Å². The van der Waals surface area contributed by atoms with Crippen LogP contribution in [0.4, 0.5) is 5.95 Å². The van der Waals surface area contributed by atoms with Gasteiger partial charge in [0.2, 0.25) is 11.9 Å². The number of imidazole rings is 1. The standard InChI is InChI=1S/C21H28N6O3/c1-5-8-26-18-15(11-14(19(22)28)12-17(18)30-9-6-2)23-21(26)24-20(29)16-10-13(4)25-27(16)7-3/h10-12H,5-9H2,1-4H3,(H2,22,28)(H,23,24,29). The van der Waals surface area contributed by atoms with Gasteiger partial charge >= 0.3 is 0 Å². The van der Waals surface area contributed by atoms with Crippen LogP contribution in [-0.2, 0) is 13.1 Å². The van der Waals surface area contributed by atoms with Gasteiger partial charge in [0.05, 0.1) is 17.8 Å². The van der Waals surface area contributed by atoms with Gasteiger partial charge in [0.1, 0.15) is 17.0 Å². The number of rotatable bonds is 9. The molecule has 9 heteroatoms. The van der Waals surface area contributed by atoms with Crippen molar-refractivity contribution in [3.8, 4) is 5.75 Å². The number of primary amides is 1. The quantitative estimate of drug-likeness (QED) is 0.560. The Kier molecular flexibility index (Phi) is 6.39. The maximum Gasteiger partial charge on any atom is 0.276 e. The van der Waals surface area contributed by atoms with Gasteiger partial charge in [0.15, 0.2) is 0 Å². The molecule has 30 heavy (non-hydrogen) atoms. The van der Waals surface area contributed by atoms with Crippen molar-refractivity contribution in [3.05, 3.63) is 35.2 Å². The molecule has 0 fully saturated rings. The number of aryl methyl sites for hydroxylation is 3. The number of benzene rings is 1. The fourth-order valence-electron chi connectivity index (χ4n) is 3.37. The first-order valence-electron chi connectivity index (χ1n) is 10.2. The summed E-state index contributed by atoms with van der Waals surface area (Å²) < 4.78 is 9.45. The Morgan fingerprint density at radius 2 is 1.93 bits per heavy atom. The first-order valence-corrected chi connectivity index (χ1v) is 10.2. The van der Waals surface area contributed by atoms with Crippen LogP contribution in [0.1, 0.15) is 60.2 Å². The van der Waals surface area contributed by atoms with Gasteiger partial charge in [0.25, 0.3) is 5.91 Å². The van der Waals surface area contributed by atoms with E-state index in [4.69, 9.17) is 10.5 Å². The van der Waals surface area contributed by atoms with Crippen molar-refractivity contribution in [2.24, 2.45) is 5.73 Å². The minimum absolute atomic E-state index is 0.295. The number of hydrogen-bond donors (Lipinski definition) is 2. The Balaban J connectivity index is 2.10. The maximum atomic E-state index is 12.9. The number of nitrogens with zero attached hydrogens (tertiary/aromatic N) is 4. The minimum Gasteiger partial charge on any atom is -0.491 e. The molecule has 3 aromatic rings. The molecule has 0 radical (unpaired) electrons. The highest BCUT2D eigenvalue weighted by Crippen LogP contribution is 2.31. The van der Waals surface area contributed by atoms with Gasteiger partial charge in [-0.05, 0) is 44.9 Å². The smallest absolute Gasteiger partial charge is 0.276 e. The fourth-order valence-corrected chi connectivity index (χ4v) is 3.37. The Morgan fingerprint density at radius 1 is 1.17 bits per heavy atom. The van der Waals surface area contributed by atoms with Crippen molar-refractivity contribution in [2.45, 2.75) is 53.6 Å². The second kappa shape index (κ2) is 8.98. The maximum absolute atomic E-state index is 12.9. The molecule has 0 saturated heterocycles. The summed E-state index contributed by atoms with van der Waals surface area (Å²) in [4.78, 5) is 29.3. The predicted molar refractivity (Wildman–Crippen MR) is 115 cm³/mol. The van der Waals surface area contributed by atoms with Crippen LogP contribution in [0.5, 0.6) is 5.75 Å². The first-order chi connectivity index (χ1) is 14.4. The number of nitrogens with one attached hydrogen (secondary N) is 1. The molecule has 9 nitrogen and oxygen atoms in total. The van der Waals surface area contributed by atoms with Gasteiger partial charge in [-0.25, -0.2) is 4.98 Å². The largest absolute Gasteiger partial charge is 0.491 e. The van der Waals surface area contributed by atoms with Crippen LogP contribution in [-0.4, -0.2) is 37.8 Å². The van der Waals surface area contributed by atoms with E-state index in [1.54, 1.807) is 22.9 Å². The number of amides is 2. The second-order valence-corrected chi connectivity index (χ2v) is 7.08. The molecule has 0 unspecified atom stereocenters. The number of aromatic nitrogens is 4. The molecule has 160 valence electrons. The monoisotopic (exact) mass is 412 g/mol. The summed E-state index contributed by atoms with van der Waals surface area (Å²) in [6.45, 7) is 9.51. The molecule has 1 aromatic carbocycles. The second-order valence-electron chi connectivity index (χ2n) is 7.08. The molecule has 3 N–H and O–H groups in total. The third-order valence-electron chi connectivity index (χ3n) is 4.66. The fraction of sp³-hybridized carbons (Fsp3) is 0.429. The lowest BCUT2D eigenvalue weighted by molar-refractivity contribution is 0.0995. The number of nitrogens with two attached hydrogens (primary N) is 1. The predicted octanol–water partition coefficient (Wildman–Crippen LogP) is 3.11. The van der Waals surface area contributed by atoms with Crippen LogP contribution in [0.3, 0.4) is 0 Å². The minimum atomic E-state index is -0.559. The van der Waals surface area contributed by atoms with Crippen LogP contribution in [0.2, 0.25) is 0 Å². The Labute approximate surface area is 175 Å². The van der Waals surface area contributed by atoms with Crippen LogP contribution >= 0.6 is 0 Å². The van der Waals surface area contributed by atoms with E-state index in [0.717, 1.165) is 24.1 Å². The number of carbonyl (C=O) groups is 2. The highest BCUT2D eigenvalue weighted by molar-refractivity contribution is 6.04. The lowest BCUT2D eigenvalue weighted by Crippen LogP contribution is -2.20. The molecule has 2 amide bonds. The van der Waals surface area contributed by atoms with E-state index in [1.165, 1.54) is 0 Å². The van der Waals surface area contributed by atoms with Crippen LogP contribution in [0, 0.1) is 6.92 Å². The van der Waals surface area contributed by atoms with Crippen LogP contribution in [0.25, 0.3) is 11.0 Å². The van der Waals surface area contributed by atoms with Gasteiger partial charge in [-0.3, -0.25) is 19.6 Å². The molecule has 0 saturated carbocycles. The number of ether oxygens (including phenoxy) is 1. The van der Waals surface area contributed by atoms with Crippen LogP contribution in [0.15, 0.2) is 18.2 Å². The molecule has 3 rings (SSSR count). The molecular weight excluding hydrogens is 384 g/mol. The van der Waals surface area contributed by atoms with Gasteiger partial charge in [0, 0.05) is 18.7 Å². The summed E-state index contributed by atoms with van der Waals surface area (Å²) in [5.74, 6) is 0.0628. The Bertz CT molecular complexity index is 1080. The molecule has 0 aliphatic carbocycles. The molecule has 0 atom stereocenters. The topological polar surface area (TPSA) is 117 Å². The molecule has 0 aliphatic heterocycles. The Hall–Kier alpha value is -3.36. The van der Waals surface area contributed by atoms with Crippen molar-refractivity contribution < 1.29 is 14.3 Å². The van der Waals surface area contributed by atoms with Crippen molar-refractivity contribution in [3.63, 3.8) is 0 Å². The van der Waals surface area contributed by atoms with Gasteiger partial charge in [-0.15, -0.1) is 0 Å². The van der Waals surface area contributed by atoms with E-state index in [2.05, 4.69) is 15.4 Å². The normalized spacial score (nSPS) is 11.1. The Morgan fingerprint density at radius 3 is 2.57 bits per heavy atom. The highest BCUT2D eigenvalue weighted by atomic mass is 16.5. The third-order valence-corrected chi connectivity index (χ3v) is 4.66. The SMILES string of the molecule is CCCOc1cc(C(N)=O)cc2nc(NC(=O)c3cc(C)nn3CC)n(CCC)c12. The van der Waals surface area contributed by atoms with E-state index in [0.29, 0.717) is 48.2 Å². The number of fused-ring (bicyclic) bond motifs is 1. The summed E-state index contributed by atoms with van der Waals surface area (Å²) in [6.07, 6.45) is 1.64. The third kappa shape index (κ3) is 4.14. The summed E-state index contributed by atoms with van der Waals surface area (Å²) in [7, 11) is 0. The molecule has 2 aromatic heterocycles. The zero-order chi connectivity index (χ0) is 21.8. The summed E-state index contributed by atoms with van der Waals surface area (Å²) >= 11 is 0. The molecule has 0 bridgehead atoms. The van der Waals surface area contributed by atoms with Gasteiger partial charge in [-0.1, -0.05) is 13.8 Å². The molecule has 2 heterocycles. The van der Waals surface area contributed by atoms with Crippen molar-refractivity contribution in [1.29, 1.82) is 0 Å². The summed E-state index contributed by atoms with van der Waals surface area (Å²) in [6, 6.07) is 5.00. The average Bonchev–Trinajstić information content (AvgIpc) is 3.26.